The highest BCUT2D eigenvalue weighted by molar-refractivity contribution is 5.88. The van der Waals surface area contributed by atoms with Crippen LogP contribution in [-0.4, -0.2) is 83.4 Å². The zero-order chi connectivity index (χ0) is 31.5. The van der Waals surface area contributed by atoms with Crippen molar-refractivity contribution in [1.29, 1.82) is 0 Å². The van der Waals surface area contributed by atoms with E-state index in [1.807, 2.05) is 12.1 Å². The molecule has 1 saturated heterocycles. The van der Waals surface area contributed by atoms with Gasteiger partial charge < -0.3 is 34.5 Å². The molecule has 0 aromatic heterocycles. The number of unbranched alkanes of at least 4 members (excludes halogenated alkanes) is 3. The van der Waals surface area contributed by atoms with E-state index in [0.29, 0.717) is 36.6 Å². The number of ether oxygens (including phenoxy) is 4. The SMILES string of the molecule is CCCCCCNC(=O)CC(O)(CCCC(C)(C)O)C(=O)OC1C(OC)=C[C@]23CCCN2CCc2cc4c(cc2[C@H]13)OCO4. The minimum absolute atomic E-state index is 0.0188. The topological polar surface area (TPSA) is 127 Å². The Kier molecular flexibility index (Phi) is 9.82. The Balaban J connectivity index is 1.42. The molecule has 44 heavy (non-hydrogen) atoms. The number of rotatable bonds is 14. The van der Waals surface area contributed by atoms with Crippen LogP contribution in [0.1, 0.15) is 102 Å². The normalized spacial score (nSPS) is 25.3. The molecule has 1 spiro atoms. The lowest BCUT2D eigenvalue weighted by molar-refractivity contribution is -0.176. The fourth-order valence-electron chi connectivity index (χ4n) is 7.50. The van der Waals surface area contributed by atoms with E-state index in [1.165, 1.54) is 0 Å². The summed E-state index contributed by atoms with van der Waals surface area (Å²) in [5, 5.41) is 25.0. The van der Waals surface area contributed by atoms with Crippen molar-refractivity contribution < 1.29 is 38.7 Å². The summed E-state index contributed by atoms with van der Waals surface area (Å²) < 4.78 is 23.6. The van der Waals surface area contributed by atoms with Crippen LogP contribution in [0.5, 0.6) is 11.5 Å². The fourth-order valence-corrected chi connectivity index (χ4v) is 7.50. The van der Waals surface area contributed by atoms with Crippen molar-refractivity contribution >= 4 is 11.9 Å². The maximum absolute atomic E-state index is 14.1. The molecule has 1 amide bonds. The quantitative estimate of drug-likeness (QED) is 0.210. The van der Waals surface area contributed by atoms with Gasteiger partial charge in [-0.05, 0) is 94.7 Å². The van der Waals surface area contributed by atoms with E-state index in [1.54, 1.807) is 21.0 Å². The number of esters is 1. The molecule has 1 aromatic rings. The second-order valence-corrected chi connectivity index (χ2v) is 13.6. The lowest BCUT2D eigenvalue weighted by Crippen LogP contribution is -2.50. The molecule has 10 nitrogen and oxygen atoms in total. The van der Waals surface area contributed by atoms with Gasteiger partial charge in [0, 0.05) is 13.1 Å². The molecule has 0 radical (unpaired) electrons. The number of nitrogens with one attached hydrogen (secondary N) is 1. The number of hydrogen-bond donors (Lipinski definition) is 3. The Morgan fingerprint density at radius 2 is 1.86 bits per heavy atom. The van der Waals surface area contributed by atoms with Crippen molar-refractivity contribution in [1.82, 2.24) is 10.2 Å². The zero-order valence-corrected chi connectivity index (χ0v) is 26.8. The summed E-state index contributed by atoms with van der Waals surface area (Å²) in [7, 11) is 1.58. The summed E-state index contributed by atoms with van der Waals surface area (Å²) >= 11 is 0. The summed E-state index contributed by atoms with van der Waals surface area (Å²) in [4.78, 5) is 29.6. The molecule has 2 unspecified atom stereocenters. The molecule has 1 fully saturated rings. The number of aliphatic hydroxyl groups is 2. The molecule has 1 aromatic carbocycles. The van der Waals surface area contributed by atoms with Crippen molar-refractivity contribution in [3.63, 3.8) is 0 Å². The number of methoxy groups -OCH3 is 1. The summed E-state index contributed by atoms with van der Waals surface area (Å²) in [6.07, 6.45) is 8.29. The third kappa shape index (κ3) is 6.72. The number of amides is 1. The first-order valence-corrected chi connectivity index (χ1v) is 16.4. The van der Waals surface area contributed by atoms with Gasteiger partial charge in [0.2, 0.25) is 12.7 Å². The second-order valence-electron chi connectivity index (χ2n) is 13.6. The van der Waals surface area contributed by atoms with Gasteiger partial charge >= 0.3 is 5.97 Å². The first kappa shape index (κ1) is 32.6. The van der Waals surface area contributed by atoms with Crippen LogP contribution in [0.25, 0.3) is 0 Å². The largest absolute Gasteiger partial charge is 0.497 e. The van der Waals surface area contributed by atoms with Crippen LogP contribution >= 0.6 is 0 Å². The number of hydrogen-bond acceptors (Lipinski definition) is 9. The molecule has 1 aliphatic carbocycles. The number of benzene rings is 1. The Morgan fingerprint density at radius 1 is 1.09 bits per heavy atom. The molecule has 0 bridgehead atoms. The number of carbonyl (C=O) groups excluding carboxylic acids is 2. The van der Waals surface area contributed by atoms with E-state index in [0.717, 1.165) is 69.2 Å². The van der Waals surface area contributed by atoms with Crippen molar-refractivity contribution in [2.24, 2.45) is 0 Å². The fraction of sp³-hybridized carbons (Fsp3) is 0.706. The summed E-state index contributed by atoms with van der Waals surface area (Å²) in [5.41, 5.74) is -1.31. The molecule has 3 heterocycles. The minimum atomic E-state index is -2.06. The molecule has 3 N–H and O–H groups in total. The van der Waals surface area contributed by atoms with Gasteiger partial charge in [-0.15, -0.1) is 0 Å². The van der Waals surface area contributed by atoms with E-state index in [4.69, 9.17) is 18.9 Å². The van der Waals surface area contributed by atoms with Crippen LogP contribution < -0.4 is 14.8 Å². The van der Waals surface area contributed by atoms with Crippen molar-refractivity contribution in [2.45, 2.75) is 120 Å². The van der Waals surface area contributed by atoms with Gasteiger partial charge in [0.1, 0.15) is 5.76 Å². The lowest BCUT2D eigenvalue weighted by Gasteiger charge is -2.39. The Morgan fingerprint density at radius 3 is 2.59 bits per heavy atom. The van der Waals surface area contributed by atoms with Crippen molar-refractivity contribution in [3.8, 4) is 11.5 Å². The van der Waals surface area contributed by atoms with E-state index >= 15 is 0 Å². The Bertz CT molecular complexity index is 1240. The third-order valence-corrected chi connectivity index (χ3v) is 9.76. The van der Waals surface area contributed by atoms with Crippen molar-refractivity contribution in [2.75, 3.05) is 33.5 Å². The average molecular weight is 615 g/mol. The average Bonchev–Trinajstić information content (AvgIpc) is 3.65. The van der Waals surface area contributed by atoms with Crippen LogP contribution in [0.15, 0.2) is 24.0 Å². The number of carbonyl (C=O) groups is 2. The van der Waals surface area contributed by atoms with Gasteiger partial charge in [0.05, 0.1) is 30.6 Å². The van der Waals surface area contributed by atoms with Crippen LogP contribution in [0.3, 0.4) is 0 Å². The third-order valence-electron chi connectivity index (χ3n) is 9.76. The number of fused-ring (bicyclic) bond motifs is 3. The Hall–Kier alpha value is -2.82. The molecule has 0 saturated carbocycles. The van der Waals surface area contributed by atoms with Crippen LogP contribution in [-0.2, 0) is 25.5 Å². The maximum Gasteiger partial charge on any atom is 0.339 e. The van der Waals surface area contributed by atoms with Gasteiger partial charge in [0.15, 0.2) is 23.2 Å². The second kappa shape index (κ2) is 13.3. The van der Waals surface area contributed by atoms with E-state index in [9.17, 15) is 19.8 Å². The predicted octanol–water partition coefficient (Wildman–Crippen LogP) is 4.10. The van der Waals surface area contributed by atoms with Crippen LogP contribution in [0.2, 0.25) is 0 Å². The van der Waals surface area contributed by atoms with E-state index in [-0.39, 0.29) is 19.1 Å². The molecular weight excluding hydrogens is 564 g/mol. The van der Waals surface area contributed by atoms with Crippen molar-refractivity contribution in [3.05, 3.63) is 35.1 Å². The summed E-state index contributed by atoms with van der Waals surface area (Å²) in [6, 6.07) is 4.05. The first-order chi connectivity index (χ1) is 21.0. The zero-order valence-electron chi connectivity index (χ0n) is 26.8. The van der Waals surface area contributed by atoms with Gasteiger partial charge in [-0.2, -0.15) is 0 Å². The van der Waals surface area contributed by atoms with Crippen LogP contribution in [0.4, 0.5) is 0 Å². The molecule has 244 valence electrons. The molecule has 10 heteroatoms. The highest BCUT2D eigenvalue weighted by Crippen LogP contribution is 2.55. The molecule has 5 rings (SSSR count). The van der Waals surface area contributed by atoms with E-state index < -0.39 is 41.1 Å². The Labute approximate surface area is 261 Å². The smallest absolute Gasteiger partial charge is 0.339 e. The maximum atomic E-state index is 14.1. The van der Waals surface area contributed by atoms with Crippen LogP contribution in [0, 0.1) is 0 Å². The highest BCUT2D eigenvalue weighted by Gasteiger charge is 2.59. The molecule has 4 aliphatic rings. The minimum Gasteiger partial charge on any atom is -0.497 e. The standard InChI is InChI=1S/C34H50N2O8/c1-5-6-7-8-15-35-28(37)21-34(40,14-9-12-32(2,3)39)31(38)44-30-27(41-4)20-33-13-10-16-36(33)17-11-23-18-25-26(43-22-42-25)19-24(23)29(30)33/h18-20,29-30,39-40H,5-17,21-22H2,1-4H3,(H,35,37)/t29-,30?,33+,34?/m1/s1. The lowest BCUT2D eigenvalue weighted by atomic mass is 9.77. The summed E-state index contributed by atoms with van der Waals surface area (Å²) in [5.74, 6) is 0.386. The van der Waals surface area contributed by atoms with Gasteiger partial charge in [0.25, 0.3) is 0 Å². The van der Waals surface area contributed by atoms with Gasteiger partial charge in [-0.1, -0.05) is 26.2 Å². The summed E-state index contributed by atoms with van der Waals surface area (Å²) in [6.45, 7) is 7.91. The highest BCUT2D eigenvalue weighted by atomic mass is 16.7. The first-order valence-electron chi connectivity index (χ1n) is 16.4. The molecule has 4 atom stereocenters. The van der Waals surface area contributed by atoms with Gasteiger partial charge in [-0.25, -0.2) is 4.79 Å². The van der Waals surface area contributed by atoms with E-state index in [2.05, 4.69) is 23.2 Å². The molecule has 3 aliphatic heterocycles. The predicted molar refractivity (Wildman–Crippen MR) is 164 cm³/mol. The molecular formula is C34H50N2O8. The van der Waals surface area contributed by atoms with Gasteiger partial charge in [-0.3, -0.25) is 9.69 Å². The monoisotopic (exact) mass is 614 g/mol. The number of nitrogens with zero attached hydrogens (tertiary/aromatic N) is 1.